The maximum absolute atomic E-state index is 15.6. The number of rotatable bonds is 5. The Morgan fingerprint density at radius 1 is 1.08 bits per heavy atom. The van der Waals surface area contributed by atoms with E-state index in [4.69, 9.17) is 23.2 Å². The molecule has 1 aliphatic heterocycles. The molecule has 0 bridgehead atoms. The first-order valence-electron chi connectivity index (χ1n) is 12.0. The van der Waals surface area contributed by atoms with Gasteiger partial charge in [0.15, 0.2) is 0 Å². The molecule has 4 nitrogen and oxygen atoms in total. The van der Waals surface area contributed by atoms with Crippen molar-refractivity contribution in [3.05, 3.63) is 99.3 Å². The van der Waals surface area contributed by atoms with E-state index in [9.17, 15) is 14.4 Å². The average molecular weight is 560 g/mol. The summed E-state index contributed by atoms with van der Waals surface area (Å²) in [5.74, 6) is -3.80. The molecule has 1 aliphatic rings. The van der Waals surface area contributed by atoms with Crippen LogP contribution in [0.15, 0.2) is 60.7 Å². The second-order valence-electron chi connectivity index (χ2n) is 10.7. The van der Waals surface area contributed by atoms with Crippen LogP contribution in [0.3, 0.4) is 0 Å². The van der Waals surface area contributed by atoms with Crippen molar-refractivity contribution in [2.45, 2.75) is 50.6 Å². The normalized spacial score (nSPS) is 23.2. The van der Waals surface area contributed by atoms with E-state index in [1.165, 1.54) is 54.6 Å². The molecule has 4 atom stereocenters. The van der Waals surface area contributed by atoms with E-state index in [2.05, 4.69) is 16.7 Å². The van der Waals surface area contributed by atoms with E-state index in [1.54, 1.807) is 0 Å². The van der Waals surface area contributed by atoms with Crippen LogP contribution in [0.5, 0.6) is 0 Å². The van der Waals surface area contributed by atoms with Crippen molar-refractivity contribution in [3.8, 4) is 6.07 Å². The number of halogens is 5. The molecule has 1 amide bonds. The lowest BCUT2D eigenvalue weighted by molar-refractivity contribution is -0.118. The second kappa shape index (κ2) is 10.6. The standard InChI is InChI=1S/C29H26Cl2F3N3O/c1-28(2,3)14-23-29(15-35,20-12-7-16(30)13-22(20)33)24(19-5-4-6-21(31)25(19)34)26(37-23)27(38)36-18-10-8-17(32)9-11-18/h4-13,23-24,26,37H,14H2,1-3H3,(H,36,38)/t23-,24-,26?,29-/m0/s1. The molecular formula is C29H26Cl2F3N3O. The first-order chi connectivity index (χ1) is 17.9. The molecule has 1 unspecified atom stereocenters. The van der Waals surface area contributed by atoms with Crippen molar-refractivity contribution in [3.63, 3.8) is 0 Å². The molecule has 2 N–H and O–H groups in total. The summed E-state index contributed by atoms with van der Waals surface area (Å²) in [5, 5.41) is 16.7. The van der Waals surface area contributed by atoms with Gasteiger partial charge in [0.2, 0.25) is 5.91 Å². The van der Waals surface area contributed by atoms with Gasteiger partial charge in [0.25, 0.3) is 0 Å². The smallest absolute Gasteiger partial charge is 0.242 e. The summed E-state index contributed by atoms with van der Waals surface area (Å²) in [6.07, 6.45) is 0.349. The van der Waals surface area contributed by atoms with Crippen LogP contribution in [0.25, 0.3) is 0 Å². The van der Waals surface area contributed by atoms with Crippen LogP contribution in [0.2, 0.25) is 10.0 Å². The zero-order chi connectivity index (χ0) is 27.8. The van der Waals surface area contributed by atoms with Gasteiger partial charge in [-0.2, -0.15) is 5.26 Å². The Labute approximate surface area is 229 Å². The number of nitriles is 1. The third kappa shape index (κ3) is 5.26. The first kappa shape index (κ1) is 28.0. The summed E-state index contributed by atoms with van der Waals surface area (Å²) in [5.41, 5.74) is -1.78. The minimum atomic E-state index is -1.72. The Bertz CT molecular complexity index is 1400. The third-order valence-corrected chi connectivity index (χ3v) is 7.37. The van der Waals surface area contributed by atoms with Gasteiger partial charge in [-0.05, 0) is 59.9 Å². The van der Waals surface area contributed by atoms with Crippen molar-refractivity contribution in [1.29, 1.82) is 5.26 Å². The monoisotopic (exact) mass is 559 g/mol. The van der Waals surface area contributed by atoms with E-state index in [0.29, 0.717) is 12.1 Å². The van der Waals surface area contributed by atoms with Crippen molar-refractivity contribution in [1.82, 2.24) is 5.32 Å². The summed E-state index contributed by atoms with van der Waals surface area (Å²) >= 11 is 12.2. The Morgan fingerprint density at radius 3 is 2.37 bits per heavy atom. The average Bonchev–Trinajstić information content (AvgIpc) is 3.15. The highest BCUT2D eigenvalue weighted by Crippen LogP contribution is 2.52. The quantitative estimate of drug-likeness (QED) is 0.343. The number of hydrogen-bond donors (Lipinski definition) is 2. The fraction of sp³-hybridized carbons (Fsp3) is 0.310. The van der Waals surface area contributed by atoms with Gasteiger partial charge in [-0.3, -0.25) is 4.79 Å². The maximum Gasteiger partial charge on any atom is 0.242 e. The number of hydrogen-bond acceptors (Lipinski definition) is 3. The number of nitrogens with one attached hydrogen (secondary N) is 2. The van der Waals surface area contributed by atoms with Crippen molar-refractivity contribution in [2.24, 2.45) is 5.41 Å². The molecule has 1 fully saturated rings. The molecule has 1 heterocycles. The van der Waals surface area contributed by atoms with Crippen LogP contribution in [-0.2, 0) is 10.2 Å². The third-order valence-electron chi connectivity index (χ3n) is 6.84. The van der Waals surface area contributed by atoms with E-state index < -0.39 is 46.8 Å². The van der Waals surface area contributed by atoms with Gasteiger partial charge in [0.1, 0.15) is 22.9 Å². The van der Waals surface area contributed by atoms with Gasteiger partial charge in [-0.15, -0.1) is 0 Å². The molecule has 1 saturated heterocycles. The van der Waals surface area contributed by atoms with Crippen LogP contribution in [0.4, 0.5) is 18.9 Å². The molecule has 9 heteroatoms. The Morgan fingerprint density at radius 2 is 1.76 bits per heavy atom. The lowest BCUT2D eigenvalue weighted by Gasteiger charge is -2.37. The van der Waals surface area contributed by atoms with E-state index >= 15 is 8.78 Å². The van der Waals surface area contributed by atoms with Crippen LogP contribution >= 0.6 is 23.2 Å². The Hall–Kier alpha value is -3.05. The summed E-state index contributed by atoms with van der Waals surface area (Å²) in [6, 6.07) is 13.8. The fourth-order valence-corrected chi connectivity index (χ4v) is 5.65. The lowest BCUT2D eigenvalue weighted by Crippen LogP contribution is -2.45. The van der Waals surface area contributed by atoms with Crippen LogP contribution < -0.4 is 10.6 Å². The van der Waals surface area contributed by atoms with Gasteiger partial charge < -0.3 is 10.6 Å². The summed E-state index contributed by atoms with van der Waals surface area (Å²) in [4.78, 5) is 13.7. The largest absolute Gasteiger partial charge is 0.325 e. The molecule has 3 aromatic rings. The lowest BCUT2D eigenvalue weighted by atomic mass is 9.62. The molecular weight excluding hydrogens is 534 g/mol. The summed E-state index contributed by atoms with van der Waals surface area (Å²) in [6.45, 7) is 5.86. The summed E-state index contributed by atoms with van der Waals surface area (Å²) in [7, 11) is 0. The number of nitrogens with zero attached hydrogens (tertiary/aromatic N) is 1. The van der Waals surface area contributed by atoms with Crippen molar-refractivity contribution in [2.75, 3.05) is 5.32 Å². The molecule has 4 rings (SSSR count). The van der Waals surface area contributed by atoms with Gasteiger partial charge in [0, 0.05) is 28.2 Å². The minimum absolute atomic E-state index is 0.00318. The minimum Gasteiger partial charge on any atom is -0.325 e. The Balaban J connectivity index is 1.96. The molecule has 0 aliphatic carbocycles. The van der Waals surface area contributed by atoms with Gasteiger partial charge in [-0.1, -0.05) is 62.2 Å². The zero-order valence-corrected chi connectivity index (χ0v) is 22.5. The second-order valence-corrected chi connectivity index (χ2v) is 11.5. The topological polar surface area (TPSA) is 64.9 Å². The number of benzene rings is 3. The highest BCUT2D eigenvalue weighted by molar-refractivity contribution is 6.31. The van der Waals surface area contributed by atoms with E-state index in [0.717, 1.165) is 6.07 Å². The zero-order valence-electron chi connectivity index (χ0n) is 21.0. The first-order valence-corrected chi connectivity index (χ1v) is 12.8. The van der Waals surface area contributed by atoms with Gasteiger partial charge >= 0.3 is 0 Å². The van der Waals surface area contributed by atoms with Gasteiger partial charge in [0.05, 0.1) is 17.1 Å². The van der Waals surface area contributed by atoms with E-state index in [-0.39, 0.29) is 26.6 Å². The number of carbonyl (C=O) groups excluding carboxylic acids is 1. The number of carbonyl (C=O) groups is 1. The SMILES string of the molecule is CC(C)(C)C[C@@H]1NC(C(=O)Nc2ccc(F)cc2)[C@H](c2cccc(Cl)c2F)[C@@]1(C#N)c1ccc(Cl)cc1F. The molecule has 198 valence electrons. The summed E-state index contributed by atoms with van der Waals surface area (Å²) < 4.78 is 44.7. The molecule has 3 aromatic carbocycles. The molecule has 38 heavy (non-hydrogen) atoms. The molecule has 0 radical (unpaired) electrons. The van der Waals surface area contributed by atoms with Crippen LogP contribution in [0, 0.1) is 34.2 Å². The fourth-order valence-electron chi connectivity index (χ4n) is 5.31. The predicted molar refractivity (Wildman–Crippen MR) is 143 cm³/mol. The van der Waals surface area contributed by atoms with Crippen LogP contribution in [-0.4, -0.2) is 18.0 Å². The highest BCUT2D eigenvalue weighted by Gasteiger charge is 2.61. The maximum atomic E-state index is 15.6. The highest BCUT2D eigenvalue weighted by atomic mass is 35.5. The van der Waals surface area contributed by atoms with Crippen LogP contribution in [0.1, 0.15) is 44.2 Å². The molecule has 0 aromatic heterocycles. The number of amides is 1. The predicted octanol–water partition coefficient (Wildman–Crippen LogP) is 7.37. The van der Waals surface area contributed by atoms with E-state index in [1.807, 2.05) is 20.8 Å². The number of anilines is 1. The Kier molecular flexibility index (Phi) is 7.81. The molecule has 0 saturated carbocycles. The molecule has 0 spiro atoms. The van der Waals surface area contributed by atoms with Crippen molar-refractivity contribution >= 4 is 34.8 Å². The van der Waals surface area contributed by atoms with Crippen molar-refractivity contribution < 1.29 is 18.0 Å². The van der Waals surface area contributed by atoms with Gasteiger partial charge in [-0.25, -0.2) is 13.2 Å².